The molecule has 0 radical (unpaired) electrons. The van der Waals surface area contributed by atoms with Crippen molar-refractivity contribution in [3.8, 4) is 0 Å². The van der Waals surface area contributed by atoms with Gasteiger partial charge in [-0.1, -0.05) is 13.8 Å². The highest BCUT2D eigenvalue weighted by atomic mass is 16.7. The number of hydroxylamine groups is 2. The van der Waals surface area contributed by atoms with Crippen LogP contribution in [0.4, 0.5) is 14.4 Å². The van der Waals surface area contributed by atoms with Crippen LogP contribution in [0.5, 0.6) is 0 Å². The van der Waals surface area contributed by atoms with E-state index in [4.69, 9.17) is 47.5 Å². The SMILES string of the molecule is CCCOC(=O)NCCOCCOCCNC(=O)COCC(=O)OCCN(CCOC(=O)NCCOCCOCCNC(=O)OCCC)CC(=O)ON1C(=O)CCC1=O. The number of rotatable bonds is 35. The maximum absolute atomic E-state index is 12.5. The zero-order valence-electron chi connectivity index (χ0n) is 33.9. The number of nitrogens with one attached hydrogen (secondary N) is 4. The van der Waals surface area contributed by atoms with Crippen LogP contribution in [0.3, 0.4) is 0 Å². The fourth-order valence-corrected chi connectivity index (χ4v) is 4.24. The second-order valence-electron chi connectivity index (χ2n) is 12.0. The first-order chi connectivity index (χ1) is 28.5. The molecular formula is C35H60N6O18. The van der Waals surface area contributed by atoms with E-state index < -0.39 is 67.7 Å². The minimum absolute atomic E-state index is 0.0247. The number of carbonyl (C=O) groups excluding carboxylic acids is 8. The van der Waals surface area contributed by atoms with E-state index in [1.54, 1.807) is 0 Å². The Morgan fingerprint density at radius 1 is 0.508 bits per heavy atom. The van der Waals surface area contributed by atoms with Crippen molar-refractivity contribution in [2.75, 3.05) is 138 Å². The number of ether oxygens (including phenoxy) is 9. The van der Waals surface area contributed by atoms with Gasteiger partial charge in [-0.2, -0.15) is 0 Å². The Bertz CT molecular complexity index is 1250. The molecule has 1 heterocycles. The Kier molecular flexibility index (Phi) is 31.0. The summed E-state index contributed by atoms with van der Waals surface area (Å²) in [7, 11) is 0. The Hall–Kier alpha value is -4.88. The number of esters is 1. The van der Waals surface area contributed by atoms with E-state index in [-0.39, 0.29) is 112 Å². The van der Waals surface area contributed by atoms with Gasteiger partial charge in [0.25, 0.3) is 11.8 Å². The number of amides is 6. The second kappa shape index (κ2) is 35.1. The Morgan fingerprint density at radius 3 is 1.39 bits per heavy atom. The molecule has 338 valence electrons. The second-order valence-corrected chi connectivity index (χ2v) is 12.0. The third-order valence-corrected chi connectivity index (χ3v) is 7.05. The summed E-state index contributed by atoms with van der Waals surface area (Å²) in [5.74, 6) is -3.54. The third-order valence-electron chi connectivity index (χ3n) is 7.05. The molecule has 24 heteroatoms. The van der Waals surface area contributed by atoms with Gasteiger partial charge in [0.2, 0.25) is 5.91 Å². The number of alkyl carbamates (subject to hydrolysis) is 3. The van der Waals surface area contributed by atoms with E-state index in [0.29, 0.717) is 24.8 Å². The number of nitrogens with zero attached hydrogens (tertiary/aromatic N) is 2. The van der Waals surface area contributed by atoms with Gasteiger partial charge in [0.05, 0.1) is 72.6 Å². The molecule has 0 spiro atoms. The molecule has 0 aliphatic carbocycles. The molecule has 0 bridgehead atoms. The van der Waals surface area contributed by atoms with Crippen molar-refractivity contribution in [3.05, 3.63) is 0 Å². The van der Waals surface area contributed by atoms with Crippen LogP contribution in [0, 0.1) is 0 Å². The fraction of sp³-hybridized carbons (Fsp3) is 0.771. The van der Waals surface area contributed by atoms with Crippen molar-refractivity contribution in [1.82, 2.24) is 31.2 Å². The average molecular weight is 853 g/mol. The Balaban J connectivity index is 2.25. The maximum Gasteiger partial charge on any atom is 0.407 e. The molecule has 1 aliphatic heterocycles. The maximum atomic E-state index is 12.5. The first-order valence-corrected chi connectivity index (χ1v) is 19.4. The molecular weight excluding hydrogens is 792 g/mol. The van der Waals surface area contributed by atoms with Gasteiger partial charge in [0.1, 0.15) is 26.4 Å². The van der Waals surface area contributed by atoms with E-state index in [1.807, 2.05) is 13.8 Å². The molecule has 0 saturated carbocycles. The predicted octanol–water partition coefficient (Wildman–Crippen LogP) is -1.36. The smallest absolute Gasteiger partial charge is 0.407 e. The van der Waals surface area contributed by atoms with E-state index >= 15 is 0 Å². The molecule has 4 N–H and O–H groups in total. The largest absolute Gasteiger partial charge is 0.463 e. The van der Waals surface area contributed by atoms with Gasteiger partial charge >= 0.3 is 30.2 Å². The first kappa shape index (κ1) is 52.1. The third kappa shape index (κ3) is 29.9. The molecule has 0 unspecified atom stereocenters. The van der Waals surface area contributed by atoms with Gasteiger partial charge in [-0.05, 0) is 12.8 Å². The van der Waals surface area contributed by atoms with Gasteiger partial charge < -0.3 is 68.7 Å². The summed E-state index contributed by atoms with van der Waals surface area (Å²) >= 11 is 0. The standard InChI is InChI=1S/C35H60N6O18/c1-3-13-56-33(47)37-8-16-51-22-21-50-15-7-36-28(42)26-54-27-32(46)55-19-11-40(25-31(45)59-41-29(43)5-6-30(41)44)12-20-58-35(49)39-10-18-53-24-23-52-17-9-38-34(48)57-14-4-2/h3-27H2,1-2H3,(H,36,42)(H,37,47)(H,38,48)(H,39,49). The number of imide groups is 1. The summed E-state index contributed by atoms with van der Waals surface area (Å²) in [4.78, 5) is 101. The molecule has 59 heavy (non-hydrogen) atoms. The minimum atomic E-state index is -0.944. The van der Waals surface area contributed by atoms with Crippen LogP contribution < -0.4 is 21.3 Å². The van der Waals surface area contributed by atoms with Crippen LogP contribution >= 0.6 is 0 Å². The predicted molar refractivity (Wildman–Crippen MR) is 200 cm³/mol. The van der Waals surface area contributed by atoms with Crippen LogP contribution in [-0.2, 0) is 71.4 Å². The first-order valence-electron chi connectivity index (χ1n) is 19.4. The van der Waals surface area contributed by atoms with Gasteiger partial charge in [-0.3, -0.25) is 19.3 Å². The number of hydrogen-bond donors (Lipinski definition) is 4. The topological polar surface area (TPSA) is 283 Å². The quantitative estimate of drug-likeness (QED) is 0.0248. The number of hydrogen-bond acceptors (Lipinski definition) is 19. The molecule has 0 atom stereocenters. The van der Waals surface area contributed by atoms with Gasteiger partial charge in [-0.15, -0.1) is 5.06 Å². The Morgan fingerprint density at radius 2 is 0.932 bits per heavy atom. The van der Waals surface area contributed by atoms with E-state index in [2.05, 4.69) is 21.3 Å². The molecule has 0 aromatic carbocycles. The van der Waals surface area contributed by atoms with Gasteiger partial charge in [0.15, 0.2) is 0 Å². The molecule has 1 fully saturated rings. The van der Waals surface area contributed by atoms with Crippen molar-refractivity contribution in [3.63, 3.8) is 0 Å². The lowest BCUT2D eigenvalue weighted by atomic mass is 10.4. The molecule has 1 aliphatic rings. The average Bonchev–Trinajstić information content (AvgIpc) is 3.52. The van der Waals surface area contributed by atoms with Crippen LogP contribution in [0.15, 0.2) is 0 Å². The van der Waals surface area contributed by atoms with Crippen LogP contribution in [0.25, 0.3) is 0 Å². The highest BCUT2D eigenvalue weighted by molar-refractivity contribution is 6.01. The molecule has 6 amide bonds. The van der Waals surface area contributed by atoms with Crippen molar-refractivity contribution in [2.24, 2.45) is 0 Å². The van der Waals surface area contributed by atoms with Gasteiger partial charge in [-0.25, -0.2) is 24.0 Å². The van der Waals surface area contributed by atoms with Crippen LogP contribution in [0.1, 0.15) is 39.5 Å². The fourth-order valence-electron chi connectivity index (χ4n) is 4.24. The van der Waals surface area contributed by atoms with E-state index in [0.717, 1.165) is 12.8 Å². The lowest BCUT2D eigenvalue weighted by molar-refractivity contribution is -0.198. The lowest BCUT2D eigenvalue weighted by Crippen LogP contribution is -2.41. The molecule has 1 rings (SSSR count). The molecule has 0 aromatic heterocycles. The molecule has 1 saturated heterocycles. The highest BCUT2D eigenvalue weighted by Crippen LogP contribution is 2.12. The van der Waals surface area contributed by atoms with Crippen molar-refractivity contribution < 1.29 is 85.8 Å². The summed E-state index contributed by atoms with van der Waals surface area (Å²) < 4.78 is 46.4. The zero-order chi connectivity index (χ0) is 43.4. The number of carbonyl (C=O) groups is 8. The zero-order valence-corrected chi connectivity index (χ0v) is 33.9. The lowest BCUT2D eigenvalue weighted by Gasteiger charge is -2.22. The summed E-state index contributed by atoms with van der Waals surface area (Å²) in [6.07, 6.45) is -0.480. The normalized spacial score (nSPS) is 12.2. The highest BCUT2D eigenvalue weighted by Gasteiger charge is 2.33. The van der Waals surface area contributed by atoms with Gasteiger partial charge in [0, 0.05) is 52.1 Å². The Labute approximate surface area is 342 Å². The summed E-state index contributed by atoms with van der Waals surface area (Å²) in [5, 5.41) is 10.6. The van der Waals surface area contributed by atoms with Crippen LogP contribution in [0.2, 0.25) is 0 Å². The van der Waals surface area contributed by atoms with E-state index in [9.17, 15) is 38.4 Å². The van der Waals surface area contributed by atoms with Crippen molar-refractivity contribution in [1.29, 1.82) is 0 Å². The van der Waals surface area contributed by atoms with E-state index in [1.165, 1.54) is 4.90 Å². The van der Waals surface area contributed by atoms with Crippen LogP contribution in [-0.4, -0.2) is 196 Å². The summed E-state index contributed by atoms with van der Waals surface area (Å²) in [6.45, 7) is 5.47. The minimum Gasteiger partial charge on any atom is -0.463 e. The van der Waals surface area contributed by atoms with Crippen molar-refractivity contribution in [2.45, 2.75) is 39.5 Å². The monoisotopic (exact) mass is 852 g/mol. The summed E-state index contributed by atoms with van der Waals surface area (Å²) in [5.41, 5.74) is 0. The van der Waals surface area contributed by atoms with Crippen molar-refractivity contribution >= 4 is 47.9 Å². The molecule has 24 nitrogen and oxygen atoms in total. The summed E-state index contributed by atoms with van der Waals surface area (Å²) in [6, 6.07) is 0. The molecule has 0 aromatic rings.